The molecular formula is C23H21N3O3S3. The Labute approximate surface area is 198 Å². The van der Waals surface area contributed by atoms with E-state index in [9.17, 15) is 9.59 Å². The number of nitrogens with zero attached hydrogens (tertiary/aromatic N) is 3. The highest BCUT2D eigenvalue weighted by Crippen LogP contribution is 2.28. The zero-order valence-electron chi connectivity index (χ0n) is 17.8. The molecule has 0 radical (unpaired) electrons. The van der Waals surface area contributed by atoms with Crippen LogP contribution < -0.4 is 0 Å². The van der Waals surface area contributed by atoms with Crippen molar-refractivity contribution in [1.82, 2.24) is 14.5 Å². The first-order chi connectivity index (χ1) is 15.4. The first-order valence-electron chi connectivity index (χ1n) is 9.86. The molecule has 0 N–H and O–H groups in total. The van der Waals surface area contributed by atoms with Crippen LogP contribution in [0.25, 0.3) is 5.13 Å². The minimum Gasteiger partial charge on any atom is -0.454 e. The van der Waals surface area contributed by atoms with Crippen LogP contribution in [-0.2, 0) is 10.5 Å². The second kappa shape index (κ2) is 9.81. The van der Waals surface area contributed by atoms with Crippen LogP contribution in [0.2, 0.25) is 0 Å². The predicted octanol–water partition coefficient (Wildman–Crippen LogP) is 5.65. The molecule has 6 nitrogen and oxygen atoms in total. The van der Waals surface area contributed by atoms with Crippen LogP contribution in [0, 0.1) is 20.8 Å². The van der Waals surface area contributed by atoms with E-state index in [1.807, 2.05) is 54.3 Å². The van der Waals surface area contributed by atoms with E-state index >= 15 is 0 Å². The van der Waals surface area contributed by atoms with Crippen molar-refractivity contribution in [3.8, 4) is 5.13 Å². The molecule has 0 atom stereocenters. The SMILES string of the molecule is Cc1nc(CSc2ccccc2C(=O)OCC(=O)c2cc(C)n(-c3nccs3)c2C)cs1. The van der Waals surface area contributed by atoms with Crippen molar-refractivity contribution in [2.75, 3.05) is 6.61 Å². The van der Waals surface area contributed by atoms with E-state index in [1.165, 1.54) is 23.1 Å². The number of hydrogen-bond acceptors (Lipinski definition) is 8. The van der Waals surface area contributed by atoms with Crippen molar-refractivity contribution < 1.29 is 14.3 Å². The fourth-order valence-corrected chi connectivity index (χ4v) is 5.74. The average molecular weight is 484 g/mol. The number of ether oxygens (including phenoxy) is 1. The van der Waals surface area contributed by atoms with Gasteiger partial charge in [0.1, 0.15) is 0 Å². The molecule has 0 amide bonds. The Hall–Kier alpha value is -2.75. The van der Waals surface area contributed by atoms with Crippen molar-refractivity contribution >= 4 is 46.2 Å². The molecule has 3 heterocycles. The van der Waals surface area contributed by atoms with Crippen molar-refractivity contribution in [1.29, 1.82) is 0 Å². The number of Topliss-reactive ketones (excluding diaryl/α,β-unsaturated/α-hetero) is 1. The Bertz CT molecular complexity index is 1260. The van der Waals surface area contributed by atoms with Crippen molar-refractivity contribution in [3.05, 3.63) is 80.5 Å². The number of aryl methyl sites for hydroxylation is 2. The number of benzene rings is 1. The van der Waals surface area contributed by atoms with Gasteiger partial charge in [-0.15, -0.1) is 34.4 Å². The monoisotopic (exact) mass is 483 g/mol. The summed E-state index contributed by atoms with van der Waals surface area (Å²) in [4.78, 5) is 35.1. The molecule has 164 valence electrons. The van der Waals surface area contributed by atoms with E-state index in [1.54, 1.807) is 29.7 Å². The summed E-state index contributed by atoms with van der Waals surface area (Å²) in [6.45, 7) is 5.45. The summed E-state index contributed by atoms with van der Waals surface area (Å²) >= 11 is 4.63. The van der Waals surface area contributed by atoms with E-state index in [-0.39, 0.29) is 12.4 Å². The normalized spacial score (nSPS) is 11.0. The molecule has 4 rings (SSSR count). The smallest absolute Gasteiger partial charge is 0.339 e. The Morgan fingerprint density at radius 1 is 1.12 bits per heavy atom. The molecule has 0 unspecified atom stereocenters. The summed E-state index contributed by atoms with van der Waals surface area (Å²) in [5, 5.41) is 5.73. The molecule has 0 spiro atoms. The largest absolute Gasteiger partial charge is 0.454 e. The maximum absolute atomic E-state index is 12.8. The van der Waals surface area contributed by atoms with Gasteiger partial charge in [0.05, 0.1) is 16.3 Å². The number of hydrogen-bond donors (Lipinski definition) is 0. The fraction of sp³-hybridized carbons (Fsp3) is 0.217. The van der Waals surface area contributed by atoms with Gasteiger partial charge in [0.2, 0.25) is 5.78 Å². The number of aromatic nitrogens is 3. The molecular weight excluding hydrogens is 462 g/mol. The molecule has 3 aromatic heterocycles. The van der Waals surface area contributed by atoms with Gasteiger partial charge in [0.25, 0.3) is 0 Å². The molecule has 0 aliphatic rings. The highest BCUT2D eigenvalue weighted by molar-refractivity contribution is 7.98. The van der Waals surface area contributed by atoms with Crippen LogP contribution >= 0.6 is 34.4 Å². The molecule has 1 aromatic carbocycles. The van der Waals surface area contributed by atoms with Crippen LogP contribution in [0.5, 0.6) is 0 Å². The molecule has 0 aliphatic heterocycles. The third kappa shape index (κ3) is 4.85. The summed E-state index contributed by atoms with van der Waals surface area (Å²) in [7, 11) is 0. The van der Waals surface area contributed by atoms with Crippen LogP contribution in [-0.4, -0.2) is 32.9 Å². The van der Waals surface area contributed by atoms with Gasteiger partial charge in [0.15, 0.2) is 11.7 Å². The highest BCUT2D eigenvalue weighted by Gasteiger charge is 2.20. The average Bonchev–Trinajstić information content (AvgIpc) is 3.51. The van der Waals surface area contributed by atoms with Gasteiger partial charge in [-0.1, -0.05) is 12.1 Å². The third-order valence-corrected chi connectivity index (χ3v) is 7.51. The number of carbonyl (C=O) groups is 2. The second-order valence-corrected chi connectivity index (χ2v) is 10.0. The number of thioether (sulfide) groups is 1. The first-order valence-corrected chi connectivity index (χ1v) is 12.6. The molecule has 9 heteroatoms. The van der Waals surface area contributed by atoms with Gasteiger partial charge in [-0.3, -0.25) is 9.36 Å². The van der Waals surface area contributed by atoms with Crippen molar-refractivity contribution in [2.45, 2.75) is 31.4 Å². The maximum Gasteiger partial charge on any atom is 0.339 e. The molecule has 32 heavy (non-hydrogen) atoms. The van der Waals surface area contributed by atoms with Crippen molar-refractivity contribution in [2.24, 2.45) is 0 Å². The third-order valence-electron chi connectivity index (χ3n) is 4.83. The quantitative estimate of drug-likeness (QED) is 0.183. The molecule has 0 aliphatic carbocycles. The summed E-state index contributed by atoms with van der Waals surface area (Å²) < 4.78 is 7.33. The number of rotatable bonds is 8. The minimum absolute atomic E-state index is 0.239. The number of thiazole rings is 2. The number of carbonyl (C=O) groups excluding carboxylic acids is 2. The minimum atomic E-state index is -0.510. The predicted molar refractivity (Wildman–Crippen MR) is 128 cm³/mol. The van der Waals surface area contributed by atoms with E-state index in [0.717, 1.165) is 32.1 Å². The summed E-state index contributed by atoms with van der Waals surface area (Å²) in [5.74, 6) is -0.0852. The zero-order valence-corrected chi connectivity index (χ0v) is 20.3. The van der Waals surface area contributed by atoms with E-state index in [0.29, 0.717) is 16.9 Å². The van der Waals surface area contributed by atoms with E-state index in [4.69, 9.17) is 4.74 Å². The van der Waals surface area contributed by atoms with E-state index < -0.39 is 5.97 Å². The zero-order chi connectivity index (χ0) is 22.7. The number of esters is 1. The van der Waals surface area contributed by atoms with Gasteiger partial charge in [-0.2, -0.15) is 0 Å². The second-order valence-electron chi connectivity index (χ2n) is 7.08. The lowest BCUT2D eigenvalue weighted by molar-refractivity contribution is 0.0471. The van der Waals surface area contributed by atoms with E-state index in [2.05, 4.69) is 9.97 Å². The van der Waals surface area contributed by atoms with Crippen LogP contribution in [0.3, 0.4) is 0 Å². The van der Waals surface area contributed by atoms with Gasteiger partial charge in [-0.25, -0.2) is 14.8 Å². The molecule has 0 saturated heterocycles. The standard InChI is InChI=1S/C23H21N3O3S3/c1-14-10-19(15(2)26(14)23-24-8-9-30-23)20(27)11-29-22(28)18-6-4-5-7-21(18)32-13-17-12-31-16(3)25-17/h4-10,12H,11,13H2,1-3H3. The Kier molecular flexibility index (Phi) is 6.88. The van der Waals surface area contributed by atoms with Crippen LogP contribution in [0.4, 0.5) is 0 Å². The molecule has 0 fully saturated rings. The Morgan fingerprint density at radius 2 is 1.94 bits per heavy atom. The lowest BCUT2D eigenvalue weighted by Gasteiger charge is -2.09. The molecule has 0 saturated carbocycles. The highest BCUT2D eigenvalue weighted by atomic mass is 32.2. The Morgan fingerprint density at radius 3 is 2.66 bits per heavy atom. The Balaban J connectivity index is 1.43. The van der Waals surface area contributed by atoms with Gasteiger partial charge in [0, 0.05) is 44.6 Å². The maximum atomic E-state index is 12.8. The van der Waals surface area contributed by atoms with Crippen molar-refractivity contribution in [3.63, 3.8) is 0 Å². The molecule has 4 aromatic rings. The van der Waals surface area contributed by atoms with Gasteiger partial charge < -0.3 is 4.74 Å². The number of ketones is 1. The lowest BCUT2D eigenvalue weighted by Crippen LogP contribution is -2.15. The summed E-state index contributed by atoms with van der Waals surface area (Å²) in [5.41, 5.74) is 3.66. The van der Waals surface area contributed by atoms with Gasteiger partial charge in [-0.05, 0) is 39.0 Å². The summed E-state index contributed by atoms with van der Waals surface area (Å²) in [6, 6.07) is 9.08. The van der Waals surface area contributed by atoms with Crippen LogP contribution in [0.15, 0.2) is 52.2 Å². The summed E-state index contributed by atoms with van der Waals surface area (Å²) in [6.07, 6.45) is 1.73. The van der Waals surface area contributed by atoms with Crippen LogP contribution in [0.1, 0.15) is 42.8 Å². The fourth-order valence-electron chi connectivity index (χ4n) is 3.34. The van der Waals surface area contributed by atoms with Gasteiger partial charge >= 0.3 is 5.97 Å². The first kappa shape index (κ1) is 22.4. The topological polar surface area (TPSA) is 74.1 Å². The lowest BCUT2D eigenvalue weighted by atomic mass is 10.1. The molecule has 0 bridgehead atoms.